The predicted octanol–water partition coefficient (Wildman–Crippen LogP) is 0.469. The van der Waals surface area contributed by atoms with Gasteiger partial charge in [0.05, 0.1) is 0 Å². The Balaban J connectivity index is 0.000000640. The van der Waals surface area contributed by atoms with Crippen molar-refractivity contribution in [1.29, 1.82) is 0 Å². The Bertz CT molecular complexity index is 212. The first-order chi connectivity index (χ1) is 3.70. The van der Waals surface area contributed by atoms with E-state index < -0.39 is 5.82 Å². The van der Waals surface area contributed by atoms with Gasteiger partial charge in [0.2, 0.25) is 0 Å². The fourth-order valence-electron chi connectivity index (χ4n) is 0.415. The Kier molecular flexibility index (Phi) is 3.99. The Morgan fingerprint density at radius 1 is 1.11 bits per heavy atom. The maximum absolute atomic E-state index is 10.2. The average Bonchev–Trinajstić information content (AvgIpc) is 1.85. The molecular weight excluding hydrogens is 147 g/mol. The van der Waals surface area contributed by atoms with Gasteiger partial charge >= 0.3 is 5.82 Å². The van der Waals surface area contributed by atoms with Crippen LogP contribution < -0.4 is 5.82 Å². The second-order valence-corrected chi connectivity index (χ2v) is 1.57. The molecule has 0 aromatic carbocycles. The Morgan fingerprint density at radius 3 is 1.56 bits per heavy atom. The van der Waals surface area contributed by atoms with Crippen molar-refractivity contribution in [2.24, 2.45) is 0 Å². The van der Waals surface area contributed by atoms with Gasteiger partial charge in [-0.05, 0) is 13.8 Å². The number of hydrogen-bond donors (Lipinski definition) is 0. The van der Waals surface area contributed by atoms with Crippen LogP contribution in [0.2, 0.25) is 0 Å². The standard InChI is InChI=1S/C5H6O3.K/c1-3-4(2)8-5(6)7-3;/h1-2H3;. The first kappa shape index (κ1) is 9.65. The molecule has 4 heteroatoms. The molecule has 0 bridgehead atoms. The van der Waals surface area contributed by atoms with Crippen LogP contribution in [0.5, 0.6) is 0 Å². The molecule has 0 aliphatic heterocycles. The average molecular weight is 153 g/mol. The van der Waals surface area contributed by atoms with Crippen LogP contribution in [-0.2, 0) is 0 Å². The van der Waals surface area contributed by atoms with Crippen LogP contribution in [0.1, 0.15) is 11.5 Å². The maximum Gasteiger partial charge on any atom is 0.518 e. The van der Waals surface area contributed by atoms with Gasteiger partial charge in [0, 0.05) is 51.4 Å². The summed E-state index contributed by atoms with van der Waals surface area (Å²) in [4.78, 5) is 10.2. The fraction of sp³-hybridized carbons (Fsp3) is 0.400. The first-order valence-corrected chi connectivity index (χ1v) is 2.27. The van der Waals surface area contributed by atoms with Crippen molar-refractivity contribution in [2.45, 2.75) is 13.8 Å². The molecule has 1 heterocycles. The Hall–Kier alpha value is 0.646. The predicted molar refractivity (Wildman–Crippen MR) is 32.5 cm³/mol. The molecule has 1 aromatic rings. The molecule has 45 valence electrons. The van der Waals surface area contributed by atoms with Crippen molar-refractivity contribution >= 4 is 51.4 Å². The zero-order chi connectivity index (χ0) is 6.15. The zero-order valence-electron chi connectivity index (χ0n) is 5.72. The molecule has 1 rings (SSSR count). The quantitative estimate of drug-likeness (QED) is 0.509. The van der Waals surface area contributed by atoms with E-state index in [2.05, 4.69) is 8.83 Å². The van der Waals surface area contributed by atoms with Crippen LogP contribution in [0, 0.1) is 13.8 Å². The van der Waals surface area contributed by atoms with Gasteiger partial charge in [-0.1, -0.05) is 0 Å². The van der Waals surface area contributed by atoms with Crippen molar-refractivity contribution in [2.75, 3.05) is 0 Å². The molecule has 0 spiro atoms. The minimum Gasteiger partial charge on any atom is -0.396 e. The summed E-state index contributed by atoms with van der Waals surface area (Å²) in [5, 5.41) is 0. The van der Waals surface area contributed by atoms with Crippen LogP contribution in [0.3, 0.4) is 0 Å². The van der Waals surface area contributed by atoms with E-state index in [9.17, 15) is 4.79 Å². The second kappa shape index (κ2) is 3.73. The van der Waals surface area contributed by atoms with Crippen molar-refractivity contribution in [3.05, 3.63) is 22.1 Å². The third-order valence-electron chi connectivity index (χ3n) is 0.969. The van der Waals surface area contributed by atoms with E-state index in [0.717, 1.165) is 0 Å². The molecule has 0 aliphatic carbocycles. The second-order valence-electron chi connectivity index (χ2n) is 1.57. The van der Waals surface area contributed by atoms with Gasteiger partial charge < -0.3 is 8.83 Å². The van der Waals surface area contributed by atoms with Gasteiger partial charge in [0.1, 0.15) is 11.5 Å². The summed E-state index contributed by atoms with van der Waals surface area (Å²) in [6.45, 7) is 3.36. The molecule has 0 aliphatic rings. The van der Waals surface area contributed by atoms with Crippen LogP contribution in [0.25, 0.3) is 0 Å². The van der Waals surface area contributed by atoms with Crippen LogP contribution in [-0.4, -0.2) is 51.4 Å². The Labute approximate surface area is 94.8 Å². The number of hydrogen-bond acceptors (Lipinski definition) is 3. The van der Waals surface area contributed by atoms with E-state index in [1.165, 1.54) is 0 Å². The molecule has 9 heavy (non-hydrogen) atoms. The molecule has 0 fully saturated rings. The van der Waals surface area contributed by atoms with E-state index in [1.807, 2.05) is 0 Å². The van der Waals surface area contributed by atoms with Crippen molar-refractivity contribution in [1.82, 2.24) is 0 Å². The van der Waals surface area contributed by atoms with Crippen molar-refractivity contribution in [3.63, 3.8) is 0 Å². The minimum atomic E-state index is -0.625. The summed E-state index contributed by atoms with van der Waals surface area (Å²) in [5.41, 5.74) is 0. The SMILES string of the molecule is Cc1oc(=O)oc1C.[K]. The third-order valence-corrected chi connectivity index (χ3v) is 0.969. The van der Waals surface area contributed by atoms with Crippen LogP contribution in [0.4, 0.5) is 0 Å². The molecular formula is C5H6KO3. The molecule has 0 amide bonds. The fourth-order valence-corrected chi connectivity index (χ4v) is 0.415. The summed E-state index contributed by atoms with van der Waals surface area (Å²) in [7, 11) is 0. The molecule has 0 saturated heterocycles. The zero-order valence-corrected chi connectivity index (χ0v) is 8.85. The minimum absolute atomic E-state index is 0. The third kappa shape index (κ3) is 2.39. The van der Waals surface area contributed by atoms with E-state index in [4.69, 9.17) is 0 Å². The summed E-state index contributed by atoms with van der Waals surface area (Å²) in [5.74, 6) is 0.477. The van der Waals surface area contributed by atoms with E-state index in [-0.39, 0.29) is 51.4 Å². The van der Waals surface area contributed by atoms with Gasteiger partial charge in [-0.25, -0.2) is 4.79 Å². The van der Waals surface area contributed by atoms with Gasteiger partial charge in [-0.2, -0.15) is 0 Å². The van der Waals surface area contributed by atoms with E-state index >= 15 is 0 Å². The monoisotopic (exact) mass is 153 g/mol. The summed E-state index contributed by atoms with van der Waals surface area (Å²) >= 11 is 0. The number of rotatable bonds is 0. The normalized spacial score (nSPS) is 8.67. The number of aryl methyl sites for hydroxylation is 2. The molecule has 0 saturated carbocycles. The molecule has 1 aromatic heterocycles. The molecule has 0 atom stereocenters. The van der Waals surface area contributed by atoms with Gasteiger partial charge in [-0.15, -0.1) is 0 Å². The largest absolute Gasteiger partial charge is 0.518 e. The summed E-state index contributed by atoms with van der Waals surface area (Å²) in [6, 6.07) is 0. The summed E-state index contributed by atoms with van der Waals surface area (Å²) < 4.78 is 8.98. The molecule has 1 radical (unpaired) electrons. The Morgan fingerprint density at radius 2 is 1.44 bits per heavy atom. The van der Waals surface area contributed by atoms with E-state index in [0.29, 0.717) is 11.5 Å². The van der Waals surface area contributed by atoms with Gasteiger partial charge in [0.25, 0.3) is 0 Å². The summed E-state index contributed by atoms with van der Waals surface area (Å²) in [6.07, 6.45) is 0. The maximum atomic E-state index is 10.2. The topological polar surface area (TPSA) is 43.4 Å². The van der Waals surface area contributed by atoms with Gasteiger partial charge in [-0.3, -0.25) is 0 Å². The molecule has 0 unspecified atom stereocenters. The van der Waals surface area contributed by atoms with E-state index in [1.54, 1.807) is 13.8 Å². The molecule has 3 nitrogen and oxygen atoms in total. The van der Waals surface area contributed by atoms with Crippen LogP contribution in [0.15, 0.2) is 13.6 Å². The van der Waals surface area contributed by atoms with Crippen molar-refractivity contribution in [3.8, 4) is 0 Å². The first-order valence-electron chi connectivity index (χ1n) is 2.27. The van der Waals surface area contributed by atoms with Crippen molar-refractivity contribution < 1.29 is 8.83 Å². The van der Waals surface area contributed by atoms with Gasteiger partial charge in [0.15, 0.2) is 0 Å². The smallest absolute Gasteiger partial charge is 0.396 e. The van der Waals surface area contributed by atoms with Crippen LogP contribution >= 0.6 is 0 Å². The molecule has 0 N–H and O–H groups in total.